The number of ketones is 1. The number of rotatable bonds is 7. The van der Waals surface area contributed by atoms with Crippen molar-refractivity contribution < 1.29 is 33.1 Å². The van der Waals surface area contributed by atoms with E-state index in [2.05, 4.69) is 5.32 Å². The molecule has 0 saturated heterocycles. The number of furan rings is 1. The molecule has 1 amide bonds. The summed E-state index contributed by atoms with van der Waals surface area (Å²) in [7, 11) is 1.66. The number of aryl methyl sites for hydroxylation is 2. The molecule has 0 bridgehead atoms. The van der Waals surface area contributed by atoms with Gasteiger partial charge in [-0.15, -0.1) is 0 Å². The molecule has 27 heavy (non-hydrogen) atoms. The predicted octanol–water partition coefficient (Wildman–Crippen LogP) is 2.10. The molecular weight excluding hydrogens is 356 g/mol. The first-order valence-electron chi connectivity index (χ1n) is 8.16. The van der Waals surface area contributed by atoms with Gasteiger partial charge in [-0.1, -0.05) is 0 Å². The van der Waals surface area contributed by atoms with Crippen molar-refractivity contribution in [2.24, 2.45) is 7.05 Å². The maximum absolute atomic E-state index is 12.2. The highest BCUT2D eigenvalue weighted by Gasteiger charge is 2.29. The van der Waals surface area contributed by atoms with E-state index in [0.717, 1.165) is 0 Å². The van der Waals surface area contributed by atoms with Gasteiger partial charge in [-0.25, -0.2) is 9.59 Å². The minimum atomic E-state index is -0.796. The lowest BCUT2D eigenvalue weighted by atomic mass is 10.1. The van der Waals surface area contributed by atoms with Crippen molar-refractivity contribution >= 4 is 29.5 Å². The SMILES string of the molecule is CCOC(=O)c1c(NC(=O)COC(=O)c2cccn2C)oc(C)c1C(C)=O. The largest absolute Gasteiger partial charge is 0.462 e. The van der Waals surface area contributed by atoms with Crippen LogP contribution in [0.2, 0.25) is 0 Å². The van der Waals surface area contributed by atoms with Crippen LogP contribution in [0, 0.1) is 6.92 Å². The van der Waals surface area contributed by atoms with Crippen LogP contribution in [0.1, 0.15) is 50.8 Å². The average molecular weight is 376 g/mol. The van der Waals surface area contributed by atoms with Crippen LogP contribution in [-0.4, -0.2) is 41.4 Å². The van der Waals surface area contributed by atoms with E-state index in [-0.39, 0.29) is 35.1 Å². The molecule has 0 aliphatic heterocycles. The number of esters is 2. The third-order valence-electron chi connectivity index (χ3n) is 3.66. The van der Waals surface area contributed by atoms with Gasteiger partial charge in [0.05, 0.1) is 12.2 Å². The monoisotopic (exact) mass is 376 g/mol. The van der Waals surface area contributed by atoms with Crippen LogP contribution < -0.4 is 5.32 Å². The maximum Gasteiger partial charge on any atom is 0.355 e. The highest BCUT2D eigenvalue weighted by Crippen LogP contribution is 2.28. The zero-order valence-electron chi connectivity index (χ0n) is 15.5. The quantitative estimate of drug-likeness (QED) is 0.581. The summed E-state index contributed by atoms with van der Waals surface area (Å²) in [5.74, 6) is -2.67. The van der Waals surface area contributed by atoms with E-state index >= 15 is 0 Å². The zero-order valence-corrected chi connectivity index (χ0v) is 15.5. The van der Waals surface area contributed by atoms with Gasteiger partial charge in [0.2, 0.25) is 5.88 Å². The maximum atomic E-state index is 12.2. The normalized spacial score (nSPS) is 10.4. The number of nitrogens with zero attached hydrogens (tertiary/aromatic N) is 1. The number of ether oxygens (including phenoxy) is 2. The molecule has 144 valence electrons. The Morgan fingerprint density at radius 2 is 1.85 bits per heavy atom. The molecule has 0 aliphatic carbocycles. The van der Waals surface area contributed by atoms with Crippen LogP contribution in [0.4, 0.5) is 5.88 Å². The van der Waals surface area contributed by atoms with Crippen molar-refractivity contribution in [1.82, 2.24) is 4.57 Å². The van der Waals surface area contributed by atoms with E-state index in [1.165, 1.54) is 13.8 Å². The lowest BCUT2D eigenvalue weighted by Crippen LogP contribution is -2.23. The number of hydrogen-bond donors (Lipinski definition) is 1. The first-order valence-corrected chi connectivity index (χ1v) is 8.16. The summed E-state index contributed by atoms with van der Waals surface area (Å²) in [5, 5.41) is 2.34. The van der Waals surface area contributed by atoms with Crippen LogP contribution >= 0.6 is 0 Å². The molecule has 9 nitrogen and oxygen atoms in total. The Labute approximate surface area is 155 Å². The number of carbonyl (C=O) groups is 4. The molecule has 0 unspecified atom stereocenters. The van der Waals surface area contributed by atoms with Gasteiger partial charge in [-0.05, 0) is 32.9 Å². The van der Waals surface area contributed by atoms with Gasteiger partial charge in [-0.3, -0.25) is 14.9 Å². The number of hydrogen-bond acceptors (Lipinski definition) is 7. The van der Waals surface area contributed by atoms with E-state index in [0.29, 0.717) is 0 Å². The summed E-state index contributed by atoms with van der Waals surface area (Å²) in [6, 6.07) is 3.21. The van der Waals surface area contributed by atoms with Gasteiger partial charge in [0, 0.05) is 13.2 Å². The summed E-state index contributed by atoms with van der Waals surface area (Å²) in [4.78, 5) is 48.0. The molecular formula is C18H20N2O7. The number of aromatic nitrogens is 1. The van der Waals surface area contributed by atoms with E-state index in [1.807, 2.05) is 0 Å². The van der Waals surface area contributed by atoms with Crippen molar-refractivity contribution in [2.75, 3.05) is 18.5 Å². The second kappa shape index (κ2) is 8.35. The molecule has 0 saturated carbocycles. The van der Waals surface area contributed by atoms with Crippen molar-refractivity contribution in [3.63, 3.8) is 0 Å². The number of anilines is 1. The smallest absolute Gasteiger partial charge is 0.355 e. The molecule has 0 fully saturated rings. The number of Topliss-reactive ketones (excluding diaryl/α,β-unsaturated/α-hetero) is 1. The second-order valence-corrected chi connectivity index (χ2v) is 5.64. The molecule has 2 heterocycles. The number of amides is 1. The summed E-state index contributed by atoms with van der Waals surface area (Å²) in [6.07, 6.45) is 1.66. The minimum Gasteiger partial charge on any atom is -0.462 e. The molecule has 0 atom stereocenters. The van der Waals surface area contributed by atoms with Crippen LogP contribution in [-0.2, 0) is 21.3 Å². The Kier molecular flexibility index (Phi) is 6.17. The molecule has 2 aromatic rings. The summed E-state index contributed by atoms with van der Waals surface area (Å²) in [6.45, 7) is 3.86. The van der Waals surface area contributed by atoms with Crippen molar-refractivity contribution in [3.8, 4) is 0 Å². The Morgan fingerprint density at radius 3 is 2.41 bits per heavy atom. The lowest BCUT2D eigenvalue weighted by Gasteiger charge is -2.07. The molecule has 0 aliphatic rings. The Balaban J connectivity index is 2.14. The van der Waals surface area contributed by atoms with E-state index in [1.54, 1.807) is 36.9 Å². The van der Waals surface area contributed by atoms with Crippen molar-refractivity contribution in [3.05, 3.63) is 40.9 Å². The average Bonchev–Trinajstić information content (AvgIpc) is 3.16. The summed E-state index contributed by atoms with van der Waals surface area (Å²) < 4.78 is 16.8. The van der Waals surface area contributed by atoms with Gasteiger partial charge in [0.25, 0.3) is 5.91 Å². The second-order valence-electron chi connectivity index (χ2n) is 5.64. The van der Waals surface area contributed by atoms with Crippen LogP contribution in [0.15, 0.2) is 22.7 Å². The first-order chi connectivity index (χ1) is 12.8. The molecule has 2 rings (SSSR count). The predicted molar refractivity (Wildman–Crippen MR) is 93.7 cm³/mol. The van der Waals surface area contributed by atoms with Crippen molar-refractivity contribution in [2.45, 2.75) is 20.8 Å². The molecule has 1 N–H and O–H groups in total. The van der Waals surface area contributed by atoms with Crippen LogP contribution in [0.3, 0.4) is 0 Å². The fourth-order valence-electron chi connectivity index (χ4n) is 2.50. The minimum absolute atomic E-state index is 0.0320. The van der Waals surface area contributed by atoms with Gasteiger partial charge in [0.1, 0.15) is 17.0 Å². The van der Waals surface area contributed by atoms with Crippen LogP contribution in [0.25, 0.3) is 0 Å². The van der Waals surface area contributed by atoms with Gasteiger partial charge in [-0.2, -0.15) is 0 Å². The molecule has 0 aromatic carbocycles. The van der Waals surface area contributed by atoms with E-state index in [4.69, 9.17) is 13.9 Å². The zero-order chi connectivity index (χ0) is 20.1. The van der Waals surface area contributed by atoms with Gasteiger partial charge < -0.3 is 18.5 Å². The molecule has 2 aromatic heterocycles. The Morgan fingerprint density at radius 1 is 1.15 bits per heavy atom. The fraction of sp³-hybridized carbons (Fsp3) is 0.333. The molecule has 9 heteroatoms. The molecule has 0 radical (unpaired) electrons. The Hall–Kier alpha value is -3.36. The standard InChI is InChI=1S/C18H20N2O7/c1-5-25-18(24)15-14(10(2)21)11(3)27-16(15)19-13(22)9-26-17(23)12-7-6-8-20(12)4/h6-8H,5,9H2,1-4H3,(H,19,22). The van der Waals surface area contributed by atoms with Gasteiger partial charge in [0.15, 0.2) is 12.4 Å². The van der Waals surface area contributed by atoms with Gasteiger partial charge >= 0.3 is 11.9 Å². The number of carbonyl (C=O) groups excluding carboxylic acids is 4. The third-order valence-corrected chi connectivity index (χ3v) is 3.66. The van der Waals surface area contributed by atoms with E-state index < -0.39 is 30.2 Å². The van der Waals surface area contributed by atoms with Crippen molar-refractivity contribution in [1.29, 1.82) is 0 Å². The number of nitrogens with one attached hydrogen (secondary N) is 1. The molecule has 0 spiro atoms. The first kappa shape index (κ1) is 20.0. The highest BCUT2D eigenvalue weighted by atomic mass is 16.5. The lowest BCUT2D eigenvalue weighted by molar-refractivity contribution is -0.119. The summed E-state index contributed by atoms with van der Waals surface area (Å²) in [5.41, 5.74) is 0.149. The Bertz CT molecular complexity index is 892. The fourth-order valence-corrected chi connectivity index (χ4v) is 2.50. The third kappa shape index (κ3) is 4.43. The van der Waals surface area contributed by atoms with Crippen LogP contribution in [0.5, 0.6) is 0 Å². The topological polar surface area (TPSA) is 117 Å². The highest BCUT2D eigenvalue weighted by molar-refractivity contribution is 6.10. The summed E-state index contributed by atoms with van der Waals surface area (Å²) >= 11 is 0. The van der Waals surface area contributed by atoms with E-state index in [9.17, 15) is 19.2 Å².